The van der Waals surface area contributed by atoms with Gasteiger partial charge in [-0.2, -0.15) is 0 Å². The number of ether oxygens (including phenoxy) is 2. The number of nitrogens with one attached hydrogen (secondary N) is 1. The molecule has 0 amide bonds. The zero-order chi connectivity index (χ0) is 16.5. The minimum atomic E-state index is 0.749. The standard InChI is InChI=1S/C21H21NO2/c1-23-19-11-6-14(12-20(19)24-2)13-22-18-10-9-16-8-7-15-4-3-5-17(18)21(15)16/h3-6,9-12,22H,7-8,13H2,1-2H3. The maximum atomic E-state index is 5.39. The Kier molecular flexibility index (Phi) is 3.77. The van der Waals surface area contributed by atoms with Crippen molar-refractivity contribution in [3.05, 3.63) is 65.2 Å². The molecule has 3 aromatic carbocycles. The van der Waals surface area contributed by atoms with Crippen molar-refractivity contribution in [1.82, 2.24) is 0 Å². The number of rotatable bonds is 5. The van der Waals surface area contributed by atoms with Crippen molar-refractivity contribution in [2.75, 3.05) is 19.5 Å². The Hall–Kier alpha value is -2.68. The first kappa shape index (κ1) is 14.9. The summed E-state index contributed by atoms with van der Waals surface area (Å²) in [6.45, 7) is 0.749. The van der Waals surface area contributed by atoms with Crippen molar-refractivity contribution in [1.29, 1.82) is 0 Å². The molecule has 0 aliphatic heterocycles. The number of hydrogen-bond acceptors (Lipinski definition) is 3. The summed E-state index contributed by atoms with van der Waals surface area (Å²) in [5.74, 6) is 1.52. The molecule has 3 heteroatoms. The van der Waals surface area contributed by atoms with E-state index in [0.29, 0.717) is 0 Å². The lowest BCUT2D eigenvalue weighted by Gasteiger charge is -2.13. The van der Waals surface area contributed by atoms with E-state index in [1.165, 1.54) is 27.6 Å². The highest BCUT2D eigenvalue weighted by Gasteiger charge is 2.15. The van der Waals surface area contributed by atoms with Gasteiger partial charge in [0.2, 0.25) is 0 Å². The van der Waals surface area contributed by atoms with E-state index in [-0.39, 0.29) is 0 Å². The van der Waals surface area contributed by atoms with Crippen molar-refractivity contribution in [3.63, 3.8) is 0 Å². The smallest absolute Gasteiger partial charge is 0.161 e. The molecule has 3 nitrogen and oxygen atoms in total. The average Bonchev–Trinajstić information content (AvgIpc) is 3.06. The van der Waals surface area contributed by atoms with Gasteiger partial charge in [0.05, 0.1) is 14.2 Å². The Balaban J connectivity index is 1.62. The summed E-state index contributed by atoms with van der Waals surface area (Å²) in [7, 11) is 3.32. The van der Waals surface area contributed by atoms with Gasteiger partial charge in [-0.3, -0.25) is 0 Å². The van der Waals surface area contributed by atoms with E-state index in [1.54, 1.807) is 14.2 Å². The molecule has 0 saturated heterocycles. The van der Waals surface area contributed by atoms with Crippen LogP contribution in [0, 0.1) is 0 Å². The van der Waals surface area contributed by atoms with E-state index in [1.807, 2.05) is 12.1 Å². The van der Waals surface area contributed by atoms with Crippen LogP contribution in [0.2, 0.25) is 0 Å². The van der Waals surface area contributed by atoms with Gasteiger partial charge < -0.3 is 14.8 Å². The molecule has 122 valence electrons. The molecule has 1 N–H and O–H groups in total. The van der Waals surface area contributed by atoms with Crippen LogP contribution in [0.5, 0.6) is 11.5 Å². The van der Waals surface area contributed by atoms with E-state index < -0.39 is 0 Å². The van der Waals surface area contributed by atoms with Crippen LogP contribution in [0.3, 0.4) is 0 Å². The number of aryl methyl sites for hydroxylation is 2. The highest BCUT2D eigenvalue weighted by atomic mass is 16.5. The first-order chi connectivity index (χ1) is 11.8. The fourth-order valence-corrected chi connectivity index (χ4v) is 3.59. The fourth-order valence-electron chi connectivity index (χ4n) is 3.59. The van der Waals surface area contributed by atoms with Crippen molar-refractivity contribution in [3.8, 4) is 11.5 Å². The summed E-state index contributed by atoms with van der Waals surface area (Å²) in [5.41, 5.74) is 5.29. The molecule has 3 aromatic rings. The van der Waals surface area contributed by atoms with Crippen molar-refractivity contribution in [2.45, 2.75) is 19.4 Å². The van der Waals surface area contributed by atoms with Crippen LogP contribution in [0.4, 0.5) is 5.69 Å². The SMILES string of the molecule is COc1ccc(CNc2ccc3c4c(cccc24)CC3)cc1OC. The van der Waals surface area contributed by atoms with Gasteiger partial charge in [-0.05, 0) is 53.1 Å². The maximum Gasteiger partial charge on any atom is 0.161 e. The topological polar surface area (TPSA) is 30.5 Å². The summed E-state index contributed by atoms with van der Waals surface area (Å²) >= 11 is 0. The summed E-state index contributed by atoms with van der Waals surface area (Å²) in [6.07, 6.45) is 2.32. The number of hydrogen-bond donors (Lipinski definition) is 1. The highest BCUT2D eigenvalue weighted by molar-refractivity contribution is 5.99. The first-order valence-electron chi connectivity index (χ1n) is 8.28. The summed E-state index contributed by atoms with van der Waals surface area (Å²) in [6, 6.07) is 17.1. The lowest BCUT2D eigenvalue weighted by Crippen LogP contribution is -2.01. The molecule has 0 saturated carbocycles. The molecule has 0 fully saturated rings. The largest absolute Gasteiger partial charge is 0.493 e. The van der Waals surface area contributed by atoms with Crippen molar-refractivity contribution in [2.24, 2.45) is 0 Å². The third-order valence-corrected chi connectivity index (χ3v) is 4.81. The molecule has 1 aliphatic rings. The Bertz CT molecular complexity index is 891. The second-order valence-corrected chi connectivity index (χ2v) is 6.15. The van der Waals surface area contributed by atoms with Crippen LogP contribution < -0.4 is 14.8 Å². The highest BCUT2D eigenvalue weighted by Crippen LogP contribution is 2.35. The van der Waals surface area contributed by atoms with E-state index in [4.69, 9.17) is 9.47 Å². The van der Waals surface area contributed by atoms with Crippen LogP contribution in [0.15, 0.2) is 48.5 Å². The predicted octanol–water partition coefficient (Wildman–Crippen LogP) is 4.57. The van der Waals surface area contributed by atoms with E-state index in [9.17, 15) is 0 Å². The van der Waals surface area contributed by atoms with Gasteiger partial charge >= 0.3 is 0 Å². The molecule has 0 radical (unpaired) electrons. The molecular formula is C21H21NO2. The monoisotopic (exact) mass is 319 g/mol. The first-order valence-corrected chi connectivity index (χ1v) is 8.28. The molecule has 0 unspecified atom stereocenters. The van der Waals surface area contributed by atoms with Crippen LogP contribution in [-0.4, -0.2) is 14.2 Å². The van der Waals surface area contributed by atoms with Gasteiger partial charge in [-0.25, -0.2) is 0 Å². The Morgan fingerprint density at radius 3 is 2.46 bits per heavy atom. The van der Waals surface area contributed by atoms with Crippen LogP contribution in [0.1, 0.15) is 16.7 Å². The van der Waals surface area contributed by atoms with E-state index >= 15 is 0 Å². The van der Waals surface area contributed by atoms with Crippen molar-refractivity contribution >= 4 is 16.5 Å². The molecule has 24 heavy (non-hydrogen) atoms. The average molecular weight is 319 g/mol. The second kappa shape index (κ2) is 6.08. The Morgan fingerprint density at radius 2 is 1.67 bits per heavy atom. The molecule has 4 rings (SSSR count). The summed E-state index contributed by atoms with van der Waals surface area (Å²) in [4.78, 5) is 0. The van der Waals surface area contributed by atoms with Gasteiger partial charge in [0.1, 0.15) is 0 Å². The van der Waals surface area contributed by atoms with Gasteiger partial charge in [-0.15, -0.1) is 0 Å². The fraction of sp³-hybridized carbons (Fsp3) is 0.238. The van der Waals surface area contributed by atoms with E-state index in [0.717, 1.165) is 36.4 Å². The summed E-state index contributed by atoms with van der Waals surface area (Å²) < 4.78 is 10.7. The van der Waals surface area contributed by atoms with E-state index in [2.05, 4.69) is 41.7 Å². The Morgan fingerprint density at radius 1 is 0.875 bits per heavy atom. The molecule has 0 spiro atoms. The minimum absolute atomic E-state index is 0.749. The minimum Gasteiger partial charge on any atom is -0.493 e. The number of methoxy groups -OCH3 is 2. The molecular weight excluding hydrogens is 298 g/mol. The zero-order valence-electron chi connectivity index (χ0n) is 14.1. The van der Waals surface area contributed by atoms with Gasteiger partial charge in [-0.1, -0.05) is 30.3 Å². The normalized spacial score (nSPS) is 12.4. The quantitative estimate of drug-likeness (QED) is 0.747. The summed E-state index contributed by atoms with van der Waals surface area (Å²) in [5, 5.41) is 6.34. The second-order valence-electron chi connectivity index (χ2n) is 6.15. The molecule has 0 atom stereocenters. The molecule has 0 bridgehead atoms. The van der Waals surface area contributed by atoms with Crippen LogP contribution in [0.25, 0.3) is 10.8 Å². The maximum absolute atomic E-state index is 5.39. The Labute approximate surface area is 142 Å². The third kappa shape index (κ3) is 2.46. The molecule has 1 aliphatic carbocycles. The lowest BCUT2D eigenvalue weighted by atomic mass is 10.0. The van der Waals surface area contributed by atoms with Gasteiger partial charge in [0.25, 0.3) is 0 Å². The third-order valence-electron chi connectivity index (χ3n) is 4.81. The van der Waals surface area contributed by atoms with Gasteiger partial charge in [0, 0.05) is 17.6 Å². The van der Waals surface area contributed by atoms with Crippen LogP contribution >= 0.6 is 0 Å². The van der Waals surface area contributed by atoms with Gasteiger partial charge in [0.15, 0.2) is 11.5 Å². The zero-order valence-corrected chi connectivity index (χ0v) is 14.1. The lowest BCUT2D eigenvalue weighted by molar-refractivity contribution is 0.354. The molecule has 0 heterocycles. The number of anilines is 1. The van der Waals surface area contributed by atoms with Crippen LogP contribution in [-0.2, 0) is 19.4 Å². The van der Waals surface area contributed by atoms with Crippen molar-refractivity contribution < 1.29 is 9.47 Å². The number of benzene rings is 3. The predicted molar refractivity (Wildman–Crippen MR) is 98.2 cm³/mol. The molecule has 0 aromatic heterocycles.